The Kier molecular flexibility index (Phi) is 7.42. The van der Waals surface area contributed by atoms with Gasteiger partial charge in [0.2, 0.25) is 5.91 Å². The number of nitrogens with one attached hydrogen (secondary N) is 1. The second-order valence-corrected chi connectivity index (χ2v) is 6.36. The molecule has 1 aliphatic heterocycles. The Bertz CT molecular complexity index is 625. The zero-order valence-electron chi connectivity index (χ0n) is 14.6. The second kappa shape index (κ2) is 9.55. The number of benzene rings is 1. The van der Waals surface area contributed by atoms with Crippen LogP contribution in [0.1, 0.15) is 24.0 Å². The Morgan fingerprint density at radius 1 is 1.12 bits per heavy atom. The number of carbonyl (C=O) groups excluding carboxylic acids is 1. The molecular weight excluding hydrogens is 345 g/mol. The molecule has 0 bridgehead atoms. The highest BCUT2D eigenvalue weighted by molar-refractivity contribution is 5.78. The molecule has 1 saturated heterocycles. The molecule has 1 fully saturated rings. The van der Waals surface area contributed by atoms with Crippen molar-refractivity contribution in [3.05, 3.63) is 35.4 Å². The Labute approximate surface area is 151 Å². The Morgan fingerprint density at radius 2 is 1.77 bits per heavy atom. The molecule has 26 heavy (non-hydrogen) atoms. The molecule has 1 amide bonds. The summed E-state index contributed by atoms with van der Waals surface area (Å²) in [6.07, 6.45) is -3.12. The SMILES string of the molecule is N#CCCNC(=O)CN1CCCN(Cc2ccc(C(F)(F)F)cc2)CC1. The molecule has 1 aliphatic rings. The number of rotatable bonds is 6. The van der Waals surface area contributed by atoms with Crippen molar-refractivity contribution in [3.63, 3.8) is 0 Å². The summed E-state index contributed by atoms with van der Waals surface area (Å²) in [4.78, 5) is 16.1. The fraction of sp³-hybridized carbons (Fsp3) is 0.556. The Morgan fingerprint density at radius 3 is 2.42 bits per heavy atom. The first-order valence-electron chi connectivity index (χ1n) is 8.63. The number of nitrogens with zero attached hydrogens (tertiary/aromatic N) is 3. The van der Waals surface area contributed by atoms with Crippen LogP contribution in [0.4, 0.5) is 13.2 Å². The molecule has 8 heteroatoms. The second-order valence-electron chi connectivity index (χ2n) is 6.36. The van der Waals surface area contributed by atoms with Gasteiger partial charge in [0, 0.05) is 26.2 Å². The molecule has 0 saturated carbocycles. The number of carbonyl (C=O) groups is 1. The highest BCUT2D eigenvalue weighted by Gasteiger charge is 2.30. The van der Waals surface area contributed by atoms with Crippen molar-refractivity contribution in [3.8, 4) is 6.07 Å². The van der Waals surface area contributed by atoms with E-state index in [1.807, 2.05) is 6.07 Å². The Hall–Kier alpha value is -2.11. The van der Waals surface area contributed by atoms with Gasteiger partial charge < -0.3 is 5.32 Å². The van der Waals surface area contributed by atoms with Crippen LogP contribution in [0.3, 0.4) is 0 Å². The highest BCUT2D eigenvalue weighted by atomic mass is 19.4. The van der Waals surface area contributed by atoms with Crippen LogP contribution in [-0.2, 0) is 17.5 Å². The van der Waals surface area contributed by atoms with Gasteiger partial charge in [0.1, 0.15) is 0 Å². The van der Waals surface area contributed by atoms with Crippen LogP contribution >= 0.6 is 0 Å². The standard InChI is InChI=1S/C18H23F3N4O/c19-18(20,21)16-5-3-15(4-6-16)13-24-9-2-10-25(12-11-24)14-17(26)23-8-1-7-22/h3-6H,1-2,8-14H2,(H,23,26). The van der Waals surface area contributed by atoms with E-state index in [0.29, 0.717) is 26.1 Å². The molecule has 0 spiro atoms. The van der Waals surface area contributed by atoms with Crippen molar-refractivity contribution in [2.24, 2.45) is 0 Å². The van der Waals surface area contributed by atoms with Gasteiger partial charge in [-0.25, -0.2) is 0 Å². The van der Waals surface area contributed by atoms with Gasteiger partial charge in [-0.2, -0.15) is 18.4 Å². The first kappa shape index (κ1) is 20.2. The summed E-state index contributed by atoms with van der Waals surface area (Å²) >= 11 is 0. The van der Waals surface area contributed by atoms with E-state index in [-0.39, 0.29) is 5.91 Å². The normalized spacial score (nSPS) is 16.7. The lowest BCUT2D eigenvalue weighted by atomic mass is 10.1. The van der Waals surface area contributed by atoms with E-state index in [1.165, 1.54) is 12.1 Å². The fourth-order valence-electron chi connectivity index (χ4n) is 2.91. The largest absolute Gasteiger partial charge is 0.416 e. The molecule has 142 valence electrons. The minimum atomic E-state index is -4.31. The Balaban J connectivity index is 1.79. The molecule has 1 N–H and O–H groups in total. The van der Waals surface area contributed by atoms with Crippen LogP contribution in [0.5, 0.6) is 0 Å². The van der Waals surface area contributed by atoms with Gasteiger partial charge in [0.15, 0.2) is 0 Å². The maximum absolute atomic E-state index is 12.6. The van der Waals surface area contributed by atoms with Gasteiger partial charge >= 0.3 is 6.18 Å². The fourth-order valence-corrected chi connectivity index (χ4v) is 2.91. The minimum Gasteiger partial charge on any atom is -0.354 e. The number of hydrogen-bond acceptors (Lipinski definition) is 4. The van der Waals surface area contributed by atoms with Crippen molar-refractivity contribution in [2.45, 2.75) is 25.6 Å². The van der Waals surface area contributed by atoms with Gasteiger partial charge in [-0.05, 0) is 37.2 Å². The molecule has 0 aromatic heterocycles. The molecule has 0 radical (unpaired) electrons. The van der Waals surface area contributed by atoms with Crippen LogP contribution < -0.4 is 5.32 Å². The molecule has 0 unspecified atom stereocenters. The summed E-state index contributed by atoms with van der Waals surface area (Å²) in [5, 5.41) is 11.2. The van der Waals surface area contributed by atoms with Crippen molar-refractivity contribution in [2.75, 3.05) is 39.3 Å². The summed E-state index contributed by atoms with van der Waals surface area (Å²) in [5.41, 5.74) is 0.214. The van der Waals surface area contributed by atoms with Crippen molar-refractivity contribution < 1.29 is 18.0 Å². The van der Waals surface area contributed by atoms with Crippen molar-refractivity contribution in [1.29, 1.82) is 5.26 Å². The van der Waals surface area contributed by atoms with Crippen LogP contribution in [0.15, 0.2) is 24.3 Å². The van der Waals surface area contributed by atoms with Gasteiger partial charge in [-0.1, -0.05) is 12.1 Å². The number of halogens is 3. The molecule has 2 rings (SSSR count). The summed E-state index contributed by atoms with van der Waals surface area (Å²) in [6, 6.07) is 7.26. The van der Waals surface area contributed by atoms with E-state index >= 15 is 0 Å². The van der Waals surface area contributed by atoms with Crippen LogP contribution in [0.2, 0.25) is 0 Å². The predicted octanol–water partition coefficient (Wildman–Crippen LogP) is 2.24. The maximum atomic E-state index is 12.6. The van der Waals surface area contributed by atoms with Gasteiger partial charge in [0.05, 0.1) is 24.6 Å². The smallest absolute Gasteiger partial charge is 0.354 e. The van der Waals surface area contributed by atoms with Gasteiger partial charge in [-0.15, -0.1) is 0 Å². The summed E-state index contributed by atoms with van der Waals surface area (Å²) < 4.78 is 37.8. The average molecular weight is 368 g/mol. The van der Waals surface area contributed by atoms with Crippen molar-refractivity contribution in [1.82, 2.24) is 15.1 Å². The third-order valence-corrected chi connectivity index (χ3v) is 4.29. The number of hydrogen-bond donors (Lipinski definition) is 1. The summed E-state index contributed by atoms with van der Waals surface area (Å²) in [6.45, 7) is 4.39. The molecule has 1 aromatic rings. The third kappa shape index (κ3) is 6.65. The number of amides is 1. The first-order chi connectivity index (χ1) is 12.4. The van der Waals surface area contributed by atoms with Crippen LogP contribution in [0.25, 0.3) is 0 Å². The number of alkyl halides is 3. The maximum Gasteiger partial charge on any atom is 0.416 e. The predicted molar refractivity (Wildman–Crippen MR) is 91.0 cm³/mol. The van der Waals surface area contributed by atoms with Crippen molar-refractivity contribution >= 4 is 5.91 Å². The molecular formula is C18H23F3N4O. The molecule has 5 nitrogen and oxygen atoms in total. The minimum absolute atomic E-state index is 0.0866. The molecule has 1 aromatic carbocycles. The summed E-state index contributed by atoms with van der Waals surface area (Å²) in [7, 11) is 0. The van der Waals surface area contributed by atoms with Crippen LogP contribution in [-0.4, -0.2) is 55.0 Å². The highest BCUT2D eigenvalue weighted by Crippen LogP contribution is 2.29. The van der Waals surface area contributed by atoms with E-state index in [0.717, 1.165) is 50.3 Å². The average Bonchev–Trinajstić information content (AvgIpc) is 2.80. The van der Waals surface area contributed by atoms with Gasteiger partial charge in [0.25, 0.3) is 0 Å². The van der Waals surface area contributed by atoms with Crippen LogP contribution in [0, 0.1) is 11.3 Å². The van der Waals surface area contributed by atoms with E-state index in [2.05, 4.69) is 15.1 Å². The lowest BCUT2D eigenvalue weighted by molar-refractivity contribution is -0.137. The van der Waals surface area contributed by atoms with E-state index in [9.17, 15) is 18.0 Å². The molecule has 0 atom stereocenters. The zero-order chi connectivity index (χ0) is 19.0. The first-order valence-corrected chi connectivity index (χ1v) is 8.63. The van der Waals surface area contributed by atoms with E-state index in [1.54, 1.807) is 0 Å². The number of nitriles is 1. The lowest BCUT2D eigenvalue weighted by Crippen LogP contribution is -2.39. The van der Waals surface area contributed by atoms with E-state index < -0.39 is 11.7 Å². The third-order valence-electron chi connectivity index (χ3n) is 4.29. The molecule has 0 aliphatic carbocycles. The summed E-state index contributed by atoms with van der Waals surface area (Å²) in [5.74, 6) is -0.0866. The van der Waals surface area contributed by atoms with Gasteiger partial charge in [-0.3, -0.25) is 14.6 Å². The zero-order valence-corrected chi connectivity index (χ0v) is 14.6. The molecule has 1 heterocycles. The quantitative estimate of drug-likeness (QED) is 0.783. The topological polar surface area (TPSA) is 59.4 Å². The lowest BCUT2D eigenvalue weighted by Gasteiger charge is -2.21. The van der Waals surface area contributed by atoms with E-state index in [4.69, 9.17) is 5.26 Å². The monoisotopic (exact) mass is 368 g/mol.